The van der Waals surface area contributed by atoms with Crippen LogP contribution in [0.25, 0.3) is 0 Å². The summed E-state index contributed by atoms with van der Waals surface area (Å²) in [6, 6.07) is 7.96. The van der Waals surface area contributed by atoms with Crippen LogP contribution in [0.1, 0.15) is 25.0 Å². The van der Waals surface area contributed by atoms with Crippen molar-refractivity contribution in [2.24, 2.45) is 0 Å². The molecule has 70 valence electrons. The van der Waals surface area contributed by atoms with E-state index < -0.39 is 5.60 Å². The highest BCUT2D eigenvalue weighted by Crippen LogP contribution is 2.21. The van der Waals surface area contributed by atoms with Crippen molar-refractivity contribution in [3.63, 3.8) is 0 Å². The van der Waals surface area contributed by atoms with Gasteiger partial charge in [0.25, 0.3) is 0 Å². The van der Waals surface area contributed by atoms with Crippen molar-refractivity contribution < 1.29 is 5.11 Å². The number of benzene rings is 1. The Bertz CT molecular complexity index is 282. The quantitative estimate of drug-likeness (QED) is 0.702. The summed E-state index contributed by atoms with van der Waals surface area (Å²) in [5.74, 6) is 0. The highest BCUT2D eigenvalue weighted by molar-refractivity contribution is 5.29. The fraction of sp³-hybridized carbons (Fsp3) is 0.333. The van der Waals surface area contributed by atoms with Crippen LogP contribution < -0.4 is 0 Å². The fourth-order valence-corrected chi connectivity index (χ4v) is 1.20. The second-order valence-electron chi connectivity index (χ2n) is 3.40. The van der Waals surface area contributed by atoms with Gasteiger partial charge in [0, 0.05) is 0 Å². The van der Waals surface area contributed by atoms with Crippen molar-refractivity contribution in [2.75, 3.05) is 0 Å². The lowest BCUT2D eigenvalue weighted by atomic mass is 9.95. The van der Waals surface area contributed by atoms with Crippen LogP contribution in [-0.4, -0.2) is 5.11 Å². The van der Waals surface area contributed by atoms with Gasteiger partial charge < -0.3 is 5.11 Å². The molecule has 0 bridgehead atoms. The Labute approximate surface area is 79.7 Å². The van der Waals surface area contributed by atoms with Crippen LogP contribution in [0.15, 0.2) is 36.9 Å². The third-order valence-corrected chi connectivity index (χ3v) is 2.34. The van der Waals surface area contributed by atoms with Crippen molar-refractivity contribution in [1.29, 1.82) is 0 Å². The van der Waals surface area contributed by atoms with E-state index in [0.717, 1.165) is 12.0 Å². The minimum atomic E-state index is -0.910. The molecular formula is C12H16O. The summed E-state index contributed by atoms with van der Waals surface area (Å²) in [6.07, 6.45) is 2.57. The number of hydrogen-bond acceptors (Lipinski definition) is 1. The monoisotopic (exact) mass is 176 g/mol. The number of rotatable bonds is 3. The van der Waals surface area contributed by atoms with E-state index in [4.69, 9.17) is 0 Å². The minimum Gasteiger partial charge on any atom is -0.381 e. The van der Waals surface area contributed by atoms with Crippen LogP contribution in [0.3, 0.4) is 0 Å². The molecule has 1 aromatic rings. The van der Waals surface area contributed by atoms with Crippen LogP contribution in [0.4, 0.5) is 0 Å². The molecule has 0 saturated heterocycles. The van der Waals surface area contributed by atoms with Crippen LogP contribution in [0, 0.1) is 0 Å². The van der Waals surface area contributed by atoms with E-state index in [-0.39, 0.29) is 0 Å². The summed E-state index contributed by atoms with van der Waals surface area (Å²) in [7, 11) is 0. The van der Waals surface area contributed by atoms with Crippen molar-refractivity contribution in [2.45, 2.75) is 25.9 Å². The topological polar surface area (TPSA) is 20.2 Å². The third kappa shape index (κ3) is 2.19. The molecule has 1 nitrogen and oxygen atoms in total. The Hall–Kier alpha value is -1.08. The molecule has 1 atom stereocenters. The van der Waals surface area contributed by atoms with Gasteiger partial charge in [-0.1, -0.05) is 43.8 Å². The van der Waals surface area contributed by atoms with Crippen LogP contribution in [-0.2, 0) is 12.0 Å². The number of aliphatic hydroxyl groups is 1. The average Bonchev–Trinajstić information content (AvgIpc) is 2.18. The van der Waals surface area contributed by atoms with Gasteiger partial charge in [-0.05, 0) is 24.5 Å². The van der Waals surface area contributed by atoms with Crippen molar-refractivity contribution in [3.05, 3.63) is 48.0 Å². The van der Waals surface area contributed by atoms with Crippen LogP contribution in [0.2, 0.25) is 0 Å². The zero-order valence-electron chi connectivity index (χ0n) is 8.25. The molecule has 0 spiro atoms. The van der Waals surface area contributed by atoms with E-state index in [2.05, 4.69) is 13.5 Å². The SMILES string of the molecule is C=CC(C)(O)c1ccc(CC)cc1. The van der Waals surface area contributed by atoms with Gasteiger partial charge in [-0.3, -0.25) is 0 Å². The predicted molar refractivity (Wildman–Crippen MR) is 55.6 cm³/mol. The molecule has 13 heavy (non-hydrogen) atoms. The van der Waals surface area contributed by atoms with Gasteiger partial charge in [-0.2, -0.15) is 0 Å². The van der Waals surface area contributed by atoms with E-state index in [1.54, 1.807) is 13.0 Å². The summed E-state index contributed by atoms with van der Waals surface area (Å²) in [6.45, 7) is 7.45. The lowest BCUT2D eigenvalue weighted by Gasteiger charge is -2.19. The second-order valence-corrected chi connectivity index (χ2v) is 3.40. The zero-order valence-corrected chi connectivity index (χ0v) is 8.25. The molecule has 0 aliphatic carbocycles. The first-order valence-electron chi connectivity index (χ1n) is 4.55. The Kier molecular flexibility index (Phi) is 2.89. The molecule has 1 unspecified atom stereocenters. The van der Waals surface area contributed by atoms with Gasteiger partial charge in [0.15, 0.2) is 0 Å². The number of aryl methyl sites for hydroxylation is 1. The predicted octanol–water partition coefficient (Wildman–Crippen LogP) is 2.64. The normalized spacial score (nSPS) is 15.0. The first-order chi connectivity index (χ1) is 6.10. The van der Waals surface area contributed by atoms with E-state index in [1.165, 1.54) is 5.56 Å². The molecule has 1 N–H and O–H groups in total. The van der Waals surface area contributed by atoms with Crippen LogP contribution >= 0.6 is 0 Å². The standard InChI is InChI=1S/C12H16O/c1-4-10-6-8-11(9-7-10)12(3,13)5-2/h5-9,13H,2,4H2,1,3H3. The Morgan fingerprint density at radius 2 is 1.92 bits per heavy atom. The molecule has 1 heteroatoms. The summed E-state index contributed by atoms with van der Waals surface area (Å²) < 4.78 is 0. The van der Waals surface area contributed by atoms with Gasteiger partial charge >= 0.3 is 0 Å². The highest BCUT2D eigenvalue weighted by Gasteiger charge is 2.17. The molecule has 0 amide bonds. The summed E-state index contributed by atoms with van der Waals surface area (Å²) in [5.41, 5.74) is 1.26. The molecule has 0 saturated carbocycles. The van der Waals surface area contributed by atoms with Crippen molar-refractivity contribution in [1.82, 2.24) is 0 Å². The Morgan fingerprint density at radius 3 is 2.31 bits per heavy atom. The molecule has 0 fully saturated rings. The molecule has 0 aliphatic rings. The first-order valence-corrected chi connectivity index (χ1v) is 4.55. The zero-order chi connectivity index (χ0) is 9.90. The largest absolute Gasteiger partial charge is 0.381 e. The van der Waals surface area contributed by atoms with Gasteiger partial charge in [-0.15, -0.1) is 0 Å². The maximum absolute atomic E-state index is 9.84. The number of hydrogen-bond donors (Lipinski definition) is 1. The maximum atomic E-state index is 9.84. The molecular weight excluding hydrogens is 160 g/mol. The lowest BCUT2D eigenvalue weighted by molar-refractivity contribution is 0.111. The average molecular weight is 176 g/mol. The van der Waals surface area contributed by atoms with E-state index in [0.29, 0.717) is 0 Å². The van der Waals surface area contributed by atoms with Crippen LogP contribution in [0.5, 0.6) is 0 Å². The van der Waals surface area contributed by atoms with E-state index in [1.807, 2.05) is 24.3 Å². The Morgan fingerprint density at radius 1 is 1.38 bits per heavy atom. The van der Waals surface area contributed by atoms with E-state index >= 15 is 0 Å². The maximum Gasteiger partial charge on any atom is 0.105 e. The van der Waals surface area contributed by atoms with Crippen molar-refractivity contribution >= 4 is 0 Å². The second kappa shape index (κ2) is 3.75. The lowest BCUT2D eigenvalue weighted by Crippen LogP contribution is -2.16. The fourth-order valence-electron chi connectivity index (χ4n) is 1.20. The highest BCUT2D eigenvalue weighted by atomic mass is 16.3. The van der Waals surface area contributed by atoms with Gasteiger partial charge in [0.1, 0.15) is 5.60 Å². The summed E-state index contributed by atoms with van der Waals surface area (Å²) in [4.78, 5) is 0. The molecule has 1 aromatic carbocycles. The summed E-state index contributed by atoms with van der Waals surface area (Å²) >= 11 is 0. The molecule has 0 aromatic heterocycles. The Balaban J connectivity index is 2.98. The smallest absolute Gasteiger partial charge is 0.105 e. The molecule has 0 heterocycles. The minimum absolute atomic E-state index is 0.889. The van der Waals surface area contributed by atoms with E-state index in [9.17, 15) is 5.11 Å². The van der Waals surface area contributed by atoms with Gasteiger partial charge in [0.05, 0.1) is 0 Å². The molecule has 0 aliphatic heterocycles. The van der Waals surface area contributed by atoms with Gasteiger partial charge in [0.2, 0.25) is 0 Å². The third-order valence-electron chi connectivity index (χ3n) is 2.34. The van der Waals surface area contributed by atoms with Crippen molar-refractivity contribution in [3.8, 4) is 0 Å². The molecule has 0 radical (unpaired) electrons. The van der Waals surface area contributed by atoms with Gasteiger partial charge in [-0.25, -0.2) is 0 Å². The first kappa shape index (κ1) is 10.0. The molecule has 1 rings (SSSR count). The summed E-state index contributed by atoms with van der Waals surface area (Å²) in [5, 5.41) is 9.84.